The second-order valence-corrected chi connectivity index (χ2v) is 10.0. The fraction of sp³-hybridized carbons (Fsp3) is 0.355. The van der Waals surface area contributed by atoms with Crippen LogP contribution in [0.1, 0.15) is 70.9 Å². The minimum atomic E-state index is -0.997. The van der Waals surface area contributed by atoms with Crippen LogP contribution in [0.2, 0.25) is 0 Å². The number of nitrogens with one attached hydrogen (secondary N) is 1. The lowest BCUT2D eigenvalue weighted by atomic mass is 9.93. The summed E-state index contributed by atoms with van der Waals surface area (Å²) in [5.41, 5.74) is 5.09. The number of ether oxygens (including phenoxy) is 2. The van der Waals surface area contributed by atoms with E-state index < -0.39 is 11.6 Å². The molecule has 0 saturated carbocycles. The molecular formula is C31H35F2NO4. The van der Waals surface area contributed by atoms with Gasteiger partial charge >= 0.3 is 5.97 Å². The number of methoxy groups -OCH3 is 1. The number of carbonyl (C=O) groups excluding carboxylic acids is 2. The Balaban J connectivity index is 1.89. The number of hydrogen-bond acceptors (Lipinski definition) is 4. The quantitative estimate of drug-likeness (QED) is 0.281. The van der Waals surface area contributed by atoms with Crippen molar-refractivity contribution in [1.29, 1.82) is 0 Å². The number of amides is 1. The fourth-order valence-corrected chi connectivity index (χ4v) is 4.41. The molecule has 0 spiro atoms. The predicted molar refractivity (Wildman–Crippen MR) is 143 cm³/mol. The Morgan fingerprint density at radius 2 is 1.63 bits per heavy atom. The Morgan fingerprint density at radius 3 is 2.26 bits per heavy atom. The number of hydrogen-bond donors (Lipinski definition) is 1. The van der Waals surface area contributed by atoms with Crippen molar-refractivity contribution in [2.75, 3.05) is 7.11 Å². The van der Waals surface area contributed by atoms with Crippen LogP contribution in [-0.4, -0.2) is 19.0 Å². The van der Waals surface area contributed by atoms with E-state index in [1.807, 2.05) is 13.8 Å². The molecule has 1 atom stereocenters. The van der Waals surface area contributed by atoms with Gasteiger partial charge in [-0.1, -0.05) is 55.3 Å². The topological polar surface area (TPSA) is 64.6 Å². The summed E-state index contributed by atoms with van der Waals surface area (Å²) in [6, 6.07) is 14.7. The molecule has 0 bridgehead atoms. The molecule has 1 N–H and O–H groups in total. The molecule has 1 amide bonds. The Kier molecular flexibility index (Phi) is 9.99. The molecule has 38 heavy (non-hydrogen) atoms. The van der Waals surface area contributed by atoms with E-state index in [4.69, 9.17) is 9.47 Å². The molecule has 0 saturated heterocycles. The lowest BCUT2D eigenvalue weighted by Crippen LogP contribution is -2.30. The number of esters is 1. The Morgan fingerprint density at radius 1 is 0.921 bits per heavy atom. The Bertz CT molecular complexity index is 1270. The zero-order valence-electron chi connectivity index (χ0n) is 22.6. The first kappa shape index (κ1) is 28.8. The van der Waals surface area contributed by atoms with Crippen molar-refractivity contribution in [1.82, 2.24) is 5.32 Å². The van der Waals surface area contributed by atoms with E-state index in [0.717, 1.165) is 35.2 Å². The summed E-state index contributed by atoms with van der Waals surface area (Å²) < 4.78 is 37.2. The van der Waals surface area contributed by atoms with Crippen LogP contribution in [0.5, 0.6) is 5.75 Å². The van der Waals surface area contributed by atoms with Crippen LogP contribution in [-0.2, 0) is 22.6 Å². The van der Waals surface area contributed by atoms with Gasteiger partial charge in [0, 0.05) is 18.1 Å². The van der Waals surface area contributed by atoms with E-state index >= 15 is 0 Å². The van der Waals surface area contributed by atoms with Gasteiger partial charge in [-0.3, -0.25) is 9.59 Å². The average Bonchev–Trinajstić information content (AvgIpc) is 2.86. The average molecular weight is 524 g/mol. The number of aryl methyl sites for hydroxylation is 3. The largest absolute Gasteiger partial charge is 0.489 e. The standard InChI is InChI=1S/C31H35F2NO4/c1-19(2)12-29(24-14-20(3)13-21(4)15-24)34-31(36)26-16-22(6-7-23(26)8-11-30(35)37-5)18-38-25-9-10-27(32)28(33)17-25/h6-7,9-10,13-17,19,29H,8,11-12,18H2,1-5H3,(H,34,36). The van der Waals surface area contributed by atoms with Crippen LogP contribution in [0.3, 0.4) is 0 Å². The van der Waals surface area contributed by atoms with Crippen molar-refractivity contribution in [3.8, 4) is 5.75 Å². The van der Waals surface area contributed by atoms with Crippen LogP contribution in [0.15, 0.2) is 54.6 Å². The van der Waals surface area contributed by atoms with Gasteiger partial charge in [0.15, 0.2) is 11.6 Å². The van der Waals surface area contributed by atoms with Gasteiger partial charge in [-0.15, -0.1) is 0 Å². The lowest BCUT2D eigenvalue weighted by molar-refractivity contribution is -0.140. The van der Waals surface area contributed by atoms with Crippen molar-refractivity contribution >= 4 is 11.9 Å². The first-order chi connectivity index (χ1) is 18.0. The summed E-state index contributed by atoms with van der Waals surface area (Å²) in [5, 5.41) is 3.20. The highest BCUT2D eigenvalue weighted by Crippen LogP contribution is 2.25. The maximum atomic E-state index is 13.7. The van der Waals surface area contributed by atoms with Gasteiger partial charge in [-0.05, 0) is 67.5 Å². The maximum Gasteiger partial charge on any atom is 0.305 e. The molecular weight excluding hydrogens is 488 g/mol. The monoisotopic (exact) mass is 523 g/mol. The minimum absolute atomic E-state index is 0.0507. The van der Waals surface area contributed by atoms with Crippen LogP contribution in [0.25, 0.3) is 0 Å². The highest BCUT2D eigenvalue weighted by atomic mass is 19.2. The third-order valence-electron chi connectivity index (χ3n) is 6.20. The fourth-order valence-electron chi connectivity index (χ4n) is 4.41. The van der Waals surface area contributed by atoms with Crippen molar-refractivity contribution in [2.45, 2.75) is 59.6 Å². The summed E-state index contributed by atoms with van der Waals surface area (Å²) in [6.07, 6.45) is 1.22. The molecule has 3 rings (SSSR count). The molecule has 0 heterocycles. The lowest BCUT2D eigenvalue weighted by Gasteiger charge is -2.23. The van der Waals surface area contributed by atoms with E-state index in [-0.39, 0.29) is 36.7 Å². The summed E-state index contributed by atoms with van der Waals surface area (Å²) in [5.74, 6) is -2.05. The summed E-state index contributed by atoms with van der Waals surface area (Å²) in [7, 11) is 1.33. The molecule has 0 aliphatic carbocycles. The molecule has 0 aliphatic rings. The second kappa shape index (κ2) is 13.2. The molecule has 0 fully saturated rings. The molecule has 3 aromatic rings. The van der Waals surface area contributed by atoms with Crippen molar-refractivity contribution in [2.24, 2.45) is 5.92 Å². The molecule has 0 aliphatic heterocycles. The van der Waals surface area contributed by atoms with Gasteiger partial charge in [0.25, 0.3) is 5.91 Å². The molecule has 0 aromatic heterocycles. The summed E-state index contributed by atoms with van der Waals surface area (Å²) >= 11 is 0. The molecule has 5 nitrogen and oxygen atoms in total. The predicted octanol–water partition coefficient (Wildman–Crippen LogP) is 6.78. The van der Waals surface area contributed by atoms with Gasteiger partial charge in [-0.25, -0.2) is 8.78 Å². The number of halogens is 2. The van der Waals surface area contributed by atoms with Crippen LogP contribution in [0.4, 0.5) is 8.78 Å². The van der Waals surface area contributed by atoms with Gasteiger partial charge in [-0.2, -0.15) is 0 Å². The van der Waals surface area contributed by atoms with E-state index in [2.05, 4.69) is 37.4 Å². The first-order valence-corrected chi connectivity index (χ1v) is 12.7. The SMILES string of the molecule is COC(=O)CCc1ccc(COc2ccc(F)c(F)c2)cc1C(=O)NC(CC(C)C)c1cc(C)cc(C)c1. The number of rotatable bonds is 11. The normalized spacial score (nSPS) is 11.8. The number of carbonyl (C=O) groups is 2. The van der Waals surface area contributed by atoms with Crippen LogP contribution in [0, 0.1) is 31.4 Å². The zero-order valence-corrected chi connectivity index (χ0v) is 22.6. The van der Waals surface area contributed by atoms with Crippen LogP contribution < -0.4 is 10.1 Å². The van der Waals surface area contributed by atoms with E-state index in [9.17, 15) is 18.4 Å². The third-order valence-corrected chi connectivity index (χ3v) is 6.20. The van der Waals surface area contributed by atoms with Crippen molar-refractivity contribution in [3.63, 3.8) is 0 Å². The Hall–Kier alpha value is -3.74. The second-order valence-electron chi connectivity index (χ2n) is 10.0. The van der Waals surface area contributed by atoms with E-state index in [0.29, 0.717) is 29.0 Å². The molecule has 1 unspecified atom stereocenters. The smallest absolute Gasteiger partial charge is 0.305 e. The van der Waals surface area contributed by atoms with E-state index in [1.54, 1.807) is 18.2 Å². The van der Waals surface area contributed by atoms with Crippen LogP contribution >= 0.6 is 0 Å². The molecule has 202 valence electrons. The Labute approximate surface area is 223 Å². The van der Waals surface area contributed by atoms with E-state index in [1.165, 1.54) is 13.2 Å². The molecule has 3 aromatic carbocycles. The molecule has 0 radical (unpaired) electrons. The summed E-state index contributed by atoms with van der Waals surface area (Å²) in [4.78, 5) is 25.5. The van der Waals surface area contributed by atoms with Gasteiger partial charge in [0.1, 0.15) is 12.4 Å². The van der Waals surface area contributed by atoms with Gasteiger partial charge < -0.3 is 14.8 Å². The number of benzene rings is 3. The first-order valence-electron chi connectivity index (χ1n) is 12.7. The highest BCUT2D eigenvalue weighted by molar-refractivity contribution is 5.96. The zero-order chi connectivity index (χ0) is 27.8. The van der Waals surface area contributed by atoms with Gasteiger partial charge in [0.2, 0.25) is 0 Å². The van der Waals surface area contributed by atoms with Crippen molar-refractivity contribution in [3.05, 3.63) is 99.6 Å². The summed E-state index contributed by atoms with van der Waals surface area (Å²) in [6.45, 7) is 8.34. The minimum Gasteiger partial charge on any atom is -0.489 e. The third kappa shape index (κ3) is 8.13. The molecule has 7 heteroatoms. The maximum absolute atomic E-state index is 13.7. The highest BCUT2D eigenvalue weighted by Gasteiger charge is 2.21. The van der Waals surface area contributed by atoms with Gasteiger partial charge in [0.05, 0.1) is 13.2 Å². The van der Waals surface area contributed by atoms with Crippen molar-refractivity contribution < 1.29 is 27.8 Å².